The van der Waals surface area contributed by atoms with Crippen LogP contribution in [0.4, 0.5) is 0 Å². The van der Waals surface area contributed by atoms with Crippen molar-refractivity contribution < 1.29 is 9.47 Å². The smallest absolute Gasteiger partial charge is 0.161 e. The molecule has 0 saturated carbocycles. The molecule has 6 aliphatic rings. The lowest BCUT2D eigenvalue weighted by Crippen LogP contribution is -2.42. The Hall–Kier alpha value is -8.52. The third-order valence-electron chi connectivity index (χ3n) is 25.6. The van der Waals surface area contributed by atoms with E-state index in [9.17, 15) is 0 Å². The molecule has 113 heavy (non-hydrogen) atoms. The molecular formula is C108H125ClO2Si2. The summed E-state index contributed by atoms with van der Waals surface area (Å²) in [7, 11) is -0.599. The predicted molar refractivity (Wildman–Crippen MR) is 497 cm³/mol. The largest absolute Gasteiger partial charge is 0.496 e. The Balaban J connectivity index is 0.000000156. The average Bonchev–Trinajstić information content (AvgIpc) is 1.56. The molecule has 0 aromatic heterocycles. The SMILES string of the molecule is CC1=Cc2c(-c3cc(C)cc(C)c3)c3c(c(-c4cc(C)cc(C)c4)c2C1[Si](C)(C)Cl)CCC3.COc1c(C(C)(C)C)cc2c(c1-c1cc(C)cc(C)c1)C=C(C)C2[Si](C)(C)C1C(C)=Cc2c(-c3cc(C)cc(C)c3)c3c(c(-c4cc(C)cc(C)c4)c21)CCC3.COc1c(C(C)(C)C)cc2c(c1-c1cc(C)cc(C)c1)CC(C)=C2. The van der Waals surface area contributed by atoms with Crippen LogP contribution in [0, 0.1) is 83.1 Å². The highest BCUT2D eigenvalue weighted by Crippen LogP contribution is 2.62. The molecule has 0 heterocycles. The Morgan fingerprint density at radius 2 is 0.611 bits per heavy atom. The van der Waals surface area contributed by atoms with Crippen molar-refractivity contribution in [3.8, 4) is 78.3 Å². The molecule has 0 N–H and O–H groups in total. The van der Waals surface area contributed by atoms with Crippen molar-refractivity contribution in [2.75, 3.05) is 14.2 Å². The average molecular weight is 1550 g/mol. The number of aryl methyl sites for hydroxylation is 12. The number of ether oxygens (including phenoxy) is 2. The van der Waals surface area contributed by atoms with Crippen LogP contribution in [0.15, 0.2) is 144 Å². The summed E-state index contributed by atoms with van der Waals surface area (Å²) < 4.78 is 12.4. The molecule has 3 atom stereocenters. The minimum atomic E-state index is -2.27. The van der Waals surface area contributed by atoms with Crippen LogP contribution in [0.25, 0.3) is 91.1 Å². The van der Waals surface area contributed by atoms with Crippen LogP contribution < -0.4 is 9.47 Å². The van der Waals surface area contributed by atoms with E-state index in [2.05, 4.69) is 324 Å². The molecule has 2 nitrogen and oxygen atoms in total. The molecule has 584 valence electrons. The summed E-state index contributed by atoms with van der Waals surface area (Å²) in [4.78, 5) is 0. The lowest BCUT2D eigenvalue weighted by molar-refractivity contribution is 0.398. The summed E-state index contributed by atoms with van der Waals surface area (Å²) in [6, 6.07) is 47.4. The second kappa shape index (κ2) is 30.3. The van der Waals surface area contributed by atoms with Crippen molar-refractivity contribution >= 4 is 50.8 Å². The van der Waals surface area contributed by atoms with E-state index in [0.717, 1.165) is 30.8 Å². The maximum absolute atomic E-state index is 7.28. The molecule has 0 spiro atoms. The normalized spacial score (nSPS) is 16.6. The van der Waals surface area contributed by atoms with E-state index in [1.54, 1.807) is 40.5 Å². The van der Waals surface area contributed by atoms with Gasteiger partial charge in [0, 0.05) is 38.9 Å². The fourth-order valence-electron chi connectivity index (χ4n) is 22.2. The van der Waals surface area contributed by atoms with Gasteiger partial charge in [-0.15, -0.1) is 0 Å². The molecule has 10 aromatic carbocycles. The number of hydrogen-bond acceptors (Lipinski definition) is 2. The number of rotatable bonds is 11. The lowest BCUT2D eigenvalue weighted by atomic mass is 9.81. The Labute approximate surface area is 687 Å². The predicted octanol–water partition coefficient (Wildman–Crippen LogP) is 30.3. The van der Waals surface area contributed by atoms with Crippen molar-refractivity contribution in [2.45, 2.75) is 251 Å². The number of benzene rings is 10. The Morgan fingerprint density at radius 1 is 0.319 bits per heavy atom. The number of hydrogen-bond donors (Lipinski definition) is 0. The van der Waals surface area contributed by atoms with Crippen LogP contribution >= 0.6 is 11.1 Å². The standard InChI is InChI=1S/C54H62OSi.C31H35ClSi.C23H28O/c1-30-18-31(2)22-38(21-30)47-41-16-15-17-42(41)48(39-23-32(3)19-33(4)24-39)50-45(47)28-37(8)53(50)56(13,14)52-36(7)27-43-44(52)29-46(54(9,10)11)51(55-12)49(43)40-25-34(5)20-35(6)26-40;1-18-11-19(2)14-23(13-18)28-25-9-8-10-26(25)29(24-15-20(3)12-21(4)16-24)30-27(28)17-22(5)31(30)33(6,7)32;1-14-8-15(2)11-18(10-14)21-19-12-16(3)9-17(19)13-20(22(21)24-7)23(4,5)6/h18-29,52-53H,15-17H2,1-14H3;11-17,31H,8-10H2,1-7H3;8-11,13H,12H2,1-7H3. The maximum Gasteiger partial charge on any atom is 0.161 e. The van der Waals surface area contributed by atoms with Gasteiger partial charge in [-0.25, -0.2) is 0 Å². The topological polar surface area (TPSA) is 18.5 Å². The Morgan fingerprint density at radius 3 is 0.965 bits per heavy atom. The second-order valence-electron chi connectivity index (χ2n) is 38.8. The molecule has 0 bridgehead atoms. The van der Waals surface area contributed by atoms with E-state index in [0.29, 0.717) is 16.6 Å². The van der Waals surface area contributed by atoms with Gasteiger partial charge in [-0.3, -0.25) is 0 Å². The highest BCUT2D eigenvalue weighted by molar-refractivity contribution is 7.20. The number of fused-ring (bicyclic) bond motifs is 6. The van der Waals surface area contributed by atoms with Crippen LogP contribution in [0.3, 0.4) is 0 Å². The molecule has 0 saturated heterocycles. The van der Waals surface area contributed by atoms with E-state index >= 15 is 0 Å². The van der Waals surface area contributed by atoms with Gasteiger partial charge in [-0.05, 0) is 295 Å². The van der Waals surface area contributed by atoms with Gasteiger partial charge < -0.3 is 9.47 Å². The fraction of sp³-hybridized carbons (Fsp3) is 0.370. The highest BCUT2D eigenvalue weighted by Gasteiger charge is 2.51. The van der Waals surface area contributed by atoms with E-state index in [1.807, 2.05) is 7.11 Å². The highest BCUT2D eigenvalue weighted by atomic mass is 35.6. The summed E-state index contributed by atoms with van der Waals surface area (Å²) in [5.74, 6) is 2.06. The van der Waals surface area contributed by atoms with E-state index < -0.39 is 15.5 Å². The lowest BCUT2D eigenvalue weighted by Gasteiger charge is -2.41. The molecule has 16 rings (SSSR count). The molecule has 3 unspecified atom stereocenters. The van der Waals surface area contributed by atoms with Crippen molar-refractivity contribution in [1.29, 1.82) is 0 Å². The molecular weight excluding hydrogens is 1420 g/mol. The zero-order valence-electron chi connectivity index (χ0n) is 73.7. The van der Waals surface area contributed by atoms with Crippen molar-refractivity contribution in [1.82, 2.24) is 0 Å². The van der Waals surface area contributed by atoms with Crippen molar-refractivity contribution in [3.63, 3.8) is 0 Å². The van der Waals surface area contributed by atoms with Gasteiger partial charge in [0.25, 0.3) is 0 Å². The molecule has 10 aromatic rings. The summed E-state index contributed by atoms with van der Waals surface area (Å²) in [6.45, 7) is 60.1. The van der Waals surface area contributed by atoms with Gasteiger partial charge in [-0.2, -0.15) is 11.1 Å². The minimum absolute atomic E-state index is 0.0400. The van der Waals surface area contributed by atoms with Gasteiger partial charge in [0.2, 0.25) is 0 Å². The van der Waals surface area contributed by atoms with Crippen molar-refractivity contribution in [3.05, 3.63) is 288 Å². The molecule has 5 heteroatoms. The van der Waals surface area contributed by atoms with Crippen LogP contribution in [0.1, 0.15) is 243 Å². The third-order valence-corrected chi connectivity index (χ3v) is 32.8. The minimum Gasteiger partial charge on any atom is -0.496 e. The van der Waals surface area contributed by atoms with E-state index in [1.165, 1.54) is 226 Å². The summed E-state index contributed by atoms with van der Waals surface area (Å²) in [5.41, 5.74) is 60.2. The molecule has 0 amide bonds. The second-order valence-corrected chi connectivity index (χ2v) is 50.2. The zero-order chi connectivity index (χ0) is 81.5. The van der Waals surface area contributed by atoms with Crippen LogP contribution in [-0.2, 0) is 42.9 Å². The molecule has 0 fully saturated rings. The van der Waals surface area contributed by atoms with Gasteiger partial charge in [-0.1, -0.05) is 296 Å². The maximum atomic E-state index is 7.28. The molecule has 6 aliphatic carbocycles. The van der Waals surface area contributed by atoms with E-state index in [4.69, 9.17) is 20.6 Å². The Bertz CT molecular complexity index is 5610. The first-order valence-corrected chi connectivity index (χ1v) is 49.2. The summed E-state index contributed by atoms with van der Waals surface area (Å²) in [6.07, 6.45) is 18.1. The van der Waals surface area contributed by atoms with Gasteiger partial charge in [0.1, 0.15) is 11.5 Å². The summed E-state index contributed by atoms with van der Waals surface area (Å²) >= 11 is 7.28. The zero-order valence-corrected chi connectivity index (χ0v) is 76.5. The first-order chi connectivity index (χ1) is 53.1. The Kier molecular flexibility index (Phi) is 21.7. The quantitative estimate of drug-likeness (QED) is 0.0949. The fourth-order valence-corrected chi connectivity index (χ4v) is 30.1. The monoisotopic (exact) mass is 1540 g/mol. The van der Waals surface area contributed by atoms with Crippen LogP contribution in [0.5, 0.6) is 11.5 Å². The number of halogens is 1. The first-order valence-electron chi connectivity index (χ1n) is 42.0. The number of methoxy groups -OCH3 is 2. The van der Waals surface area contributed by atoms with E-state index in [-0.39, 0.29) is 10.8 Å². The van der Waals surface area contributed by atoms with Gasteiger partial charge >= 0.3 is 0 Å². The van der Waals surface area contributed by atoms with Crippen molar-refractivity contribution in [2.24, 2.45) is 0 Å². The first kappa shape index (κ1) is 81.1. The molecule has 0 aliphatic heterocycles. The third kappa shape index (κ3) is 15.1. The number of allylic oxidation sites excluding steroid dienone is 4. The molecule has 0 radical (unpaired) electrons. The van der Waals surface area contributed by atoms with Crippen LogP contribution in [0.2, 0.25) is 26.2 Å². The summed E-state index contributed by atoms with van der Waals surface area (Å²) in [5, 5.41) is 0. The van der Waals surface area contributed by atoms with Gasteiger partial charge in [0.15, 0.2) is 7.38 Å². The van der Waals surface area contributed by atoms with Gasteiger partial charge in [0.05, 0.1) is 22.3 Å². The van der Waals surface area contributed by atoms with Crippen LogP contribution in [-0.4, -0.2) is 29.7 Å².